The highest BCUT2D eigenvalue weighted by molar-refractivity contribution is 6.05. The minimum Gasteiger partial charge on any atom is -0.478 e. The summed E-state index contributed by atoms with van der Waals surface area (Å²) < 4.78 is 13.9. The standard InChI is InChI=1S/C16H14FNO3/c1-9-6-7-11(16(20)21)8-13(9)18-15(19)12-5-3-4-10(2)14(12)17/h3-8H,1-2H3,(H,18,19)(H,20,21). The number of aryl methyl sites for hydroxylation is 2. The molecule has 0 atom stereocenters. The van der Waals surface area contributed by atoms with Crippen molar-refractivity contribution in [3.63, 3.8) is 0 Å². The van der Waals surface area contributed by atoms with Crippen molar-refractivity contribution in [2.75, 3.05) is 5.32 Å². The van der Waals surface area contributed by atoms with Gasteiger partial charge in [-0.25, -0.2) is 9.18 Å². The van der Waals surface area contributed by atoms with Crippen molar-refractivity contribution in [1.82, 2.24) is 0 Å². The number of nitrogens with one attached hydrogen (secondary N) is 1. The number of rotatable bonds is 3. The summed E-state index contributed by atoms with van der Waals surface area (Å²) in [5, 5.41) is 11.5. The molecule has 4 nitrogen and oxygen atoms in total. The zero-order valence-corrected chi connectivity index (χ0v) is 11.6. The zero-order chi connectivity index (χ0) is 15.6. The Hall–Kier alpha value is -2.69. The molecule has 0 aromatic heterocycles. The van der Waals surface area contributed by atoms with Gasteiger partial charge in [-0.2, -0.15) is 0 Å². The number of halogens is 1. The summed E-state index contributed by atoms with van der Waals surface area (Å²) in [5.74, 6) is -2.28. The van der Waals surface area contributed by atoms with Crippen LogP contribution < -0.4 is 5.32 Å². The quantitative estimate of drug-likeness (QED) is 0.909. The highest BCUT2D eigenvalue weighted by atomic mass is 19.1. The largest absolute Gasteiger partial charge is 0.478 e. The Labute approximate surface area is 121 Å². The third kappa shape index (κ3) is 3.08. The van der Waals surface area contributed by atoms with Crippen molar-refractivity contribution in [3.8, 4) is 0 Å². The molecule has 0 spiro atoms. The third-order valence-corrected chi connectivity index (χ3v) is 3.17. The molecule has 0 bridgehead atoms. The van der Waals surface area contributed by atoms with Crippen LogP contribution in [0.25, 0.3) is 0 Å². The van der Waals surface area contributed by atoms with Crippen LogP contribution in [0.3, 0.4) is 0 Å². The van der Waals surface area contributed by atoms with Gasteiger partial charge in [-0.05, 0) is 43.2 Å². The Kier molecular flexibility index (Phi) is 4.03. The number of hydrogen-bond donors (Lipinski definition) is 2. The van der Waals surface area contributed by atoms with Crippen LogP contribution in [0.15, 0.2) is 36.4 Å². The van der Waals surface area contributed by atoms with Crippen LogP contribution in [0, 0.1) is 19.7 Å². The summed E-state index contributed by atoms with van der Waals surface area (Å²) >= 11 is 0. The number of benzene rings is 2. The van der Waals surface area contributed by atoms with Crippen molar-refractivity contribution >= 4 is 17.6 Å². The molecule has 0 fully saturated rings. The maximum atomic E-state index is 13.9. The van der Waals surface area contributed by atoms with Gasteiger partial charge < -0.3 is 10.4 Å². The molecule has 2 rings (SSSR count). The van der Waals surface area contributed by atoms with E-state index in [1.54, 1.807) is 32.0 Å². The Morgan fingerprint density at radius 1 is 1.10 bits per heavy atom. The van der Waals surface area contributed by atoms with E-state index >= 15 is 0 Å². The molecule has 0 saturated carbocycles. The SMILES string of the molecule is Cc1ccc(C(=O)O)cc1NC(=O)c1cccc(C)c1F. The molecule has 0 aliphatic carbocycles. The Bertz CT molecular complexity index is 725. The summed E-state index contributed by atoms with van der Waals surface area (Å²) in [6, 6.07) is 8.93. The normalized spacial score (nSPS) is 10.2. The van der Waals surface area contributed by atoms with Crippen molar-refractivity contribution < 1.29 is 19.1 Å². The maximum absolute atomic E-state index is 13.9. The lowest BCUT2D eigenvalue weighted by atomic mass is 10.1. The van der Waals surface area contributed by atoms with Gasteiger partial charge >= 0.3 is 5.97 Å². The first-order valence-electron chi connectivity index (χ1n) is 6.30. The van der Waals surface area contributed by atoms with E-state index in [1.807, 2.05) is 0 Å². The predicted molar refractivity (Wildman–Crippen MR) is 77.2 cm³/mol. The van der Waals surface area contributed by atoms with E-state index in [1.165, 1.54) is 18.2 Å². The predicted octanol–water partition coefficient (Wildman–Crippen LogP) is 3.39. The van der Waals surface area contributed by atoms with Gasteiger partial charge in [0.25, 0.3) is 5.91 Å². The van der Waals surface area contributed by atoms with Gasteiger partial charge in [0.15, 0.2) is 0 Å². The van der Waals surface area contributed by atoms with E-state index in [-0.39, 0.29) is 11.1 Å². The molecule has 0 aliphatic rings. The Morgan fingerprint density at radius 3 is 2.48 bits per heavy atom. The summed E-state index contributed by atoms with van der Waals surface area (Å²) in [5.41, 5.74) is 1.40. The van der Waals surface area contributed by atoms with Crippen LogP contribution in [0.4, 0.5) is 10.1 Å². The van der Waals surface area contributed by atoms with E-state index < -0.39 is 17.7 Å². The van der Waals surface area contributed by atoms with E-state index in [4.69, 9.17) is 5.11 Å². The second-order valence-corrected chi connectivity index (χ2v) is 4.73. The van der Waals surface area contributed by atoms with Crippen molar-refractivity contribution in [2.24, 2.45) is 0 Å². The fourth-order valence-corrected chi connectivity index (χ4v) is 1.90. The summed E-state index contributed by atoms with van der Waals surface area (Å²) in [6.07, 6.45) is 0. The lowest BCUT2D eigenvalue weighted by Crippen LogP contribution is -2.15. The smallest absolute Gasteiger partial charge is 0.335 e. The molecule has 2 aromatic carbocycles. The second-order valence-electron chi connectivity index (χ2n) is 4.73. The van der Waals surface area contributed by atoms with Crippen LogP contribution in [-0.2, 0) is 0 Å². The molecule has 2 N–H and O–H groups in total. The van der Waals surface area contributed by atoms with E-state index in [2.05, 4.69) is 5.32 Å². The number of aromatic carboxylic acids is 1. The van der Waals surface area contributed by atoms with Gasteiger partial charge in [-0.1, -0.05) is 18.2 Å². The highest BCUT2D eigenvalue weighted by Gasteiger charge is 2.15. The van der Waals surface area contributed by atoms with Crippen molar-refractivity contribution in [1.29, 1.82) is 0 Å². The van der Waals surface area contributed by atoms with Crippen LogP contribution in [0.1, 0.15) is 31.8 Å². The minimum atomic E-state index is -1.09. The first-order chi connectivity index (χ1) is 9.90. The fraction of sp³-hybridized carbons (Fsp3) is 0.125. The summed E-state index contributed by atoms with van der Waals surface area (Å²) in [4.78, 5) is 23.1. The fourth-order valence-electron chi connectivity index (χ4n) is 1.90. The number of carboxylic acid groups (broad SMARTS) is 1. The monoisotopic (exact) mass is 287 g/mol. The molecule has 1 amide bonds. The lowest BCUT2D eigenvalue weighted by Gasteiger charge is -2.10. The van der Waals surface area contributed by atoms with Gasteiger partial charge in [-0.3, -0.25) is 4.79 Å². The Balaban J connectivity index is 2.33. The molecule has 108 valence electrons. The van der Waals surface area contributed by atoms with E-state index in [9.17, 15) is 14.0 Å². The topological polar surface area (TPSA) is 66.4 Å². The molecule has 0 saturated heterocycles. The highest BCUT2D eigenvalue weighted by Crippen LogP contribution is 2.19. The summed E-state index contributed by atoms with van der Waals surface area (Å²) in [7, 11) is 0. The third-order valence-electron chi connectivity index (χ3n) is 3.17. The lowest BCUT2D eigenvalue weighted by molar-refractivity contribution is 0.0696. The van der Waals surface area contributed by atoms with Crippen LogP contribution in [0.2, 0.25) is 0 Å². The molecule has 21 heavy (non-hydrogen) atoms. The van der Waals surface area contributed by atoms with Gasteiger partial charge in [0, 0.05) is 5.69 Å². The molecule has 5 heteroatoms. The summed E-state index contributed by atoms with van der Waals surface area (Å²) in [6.45, 7) is 3.30. The zero-order valence-electron chi connectivity index (χ0n) is 11.6. The molecule has 0 unspecified atom stereocenters. The minimum absolute atomic E-state index is 0.0561. The van der Waals surface area contributed by atoms with Crippen LogP contribution in [0.5, 0.6) is 0 Å². The van der Waals surface area contributed by atoms with E-state index in [0.29, 0.717) is 16.8 Å². The van der Waals surface area contributed by atoms with Gasteiger partial charge in [0.2, 0.25) is 0 Å². The molecule has 0 aliphatic heterocycles. The molecule has 0 radical (unpaired) electrons. The molecular weight excluding hydrogens is 273 g/mol. The van der Waals surface area contributed by atoms with Gasteiger partial charge in [0.1, 0.15) is 5.82 Å². The van der Waals surface area contributed by atoms with Crippen LogP contribution in [-0.4, -0.2) is 17.0 Å². The molecule has 2 aromatic rings. The first kappa shape index (κ1) is 14.7. The average Bonchev–Trinajstić information content (AvgIpc) is 2.43. The number of hydrogen-bond acceptors (Lipinski definition) is 2. The Morgan fingerprint density at radius 2 is 1.81 bits per heavy atom. The second kappa shape index (κ2) is 5.75. The van der Waals surface area contributed by atoms with Crippen molar-refractivity contribution in [3.05, 3.63) is 64.5 Å². The van der Waals surface area contributed by atoms with Gasteiger partial charge in [0.05, 0.1) is 11.1 Å². The average molecular weight is 287 g/mol. The molecular formula is C16H14FNO3. The molecule has 0 heterocycles. The van der Waals surface area contributed by atoms with Crippen LogP contribution >= 0.6 is 0 Å². The number of amides is 1. The van der Waals surface area contributed by atoms with Crippen molar-refractivity contribution in [2.45, 2.75) is 13.8 Å². The first-order valence-corrected chi connectivity index (χ1v) is 6.30. The number of carbonyl (C=O) groups excluding carboxylic acids is 1. The number of anilines is 1. The van der Waals surface area contributed by atoms with E-state index in [0.717, 1.165) is 0 Å². The number of carbonyl (C=O) groups is 2. The van der Waals surface area contributed by atoms with Gasteiger partial charge in [-0.15, -0.1) is 0 Å². The maximum Gasteiger partial charge on any atom is 0.335 e. The number of carboxylic acids is 1.